The molecular formula is C8H12F3N3O. The lowest BCUT2D eigenvalue weighted by atomic mass is 10.4. The van der Waals surface area contributed by atoms with Crippen molar-refractivity contribution in [1.82, 2.24) is 9.78 Å². The topological polar surface area (TPSA) is 53.1 Å². The number of hydrogen-bond donors (Lipinski definition) is 1. The predicted molar refractivity (Wildman–Crippen MR) is 47.0 cm³/mol. The minimum Gasteiger partial charge on any atom is -0.370 e. The first kappa shape index (κ1) is 12.0. The summed E-state index contributed by atoms with van der Waals surface area (Å²) in [6.45, 7) is -0.643. The predicted octanol–water partition coefficient (Wildman–Crippen LogP) is 0.921. The van der Waals surface area contributed by atoms with Gasteiger partial charge in [-0.3, -0.25) is 4.68 Å². The second kappa shape index (κ2) is 5.13. The van der Waals surface area contributed by atoms with Gasteiger partial charge >= 0.3 is 6.18 Å². The van der Waals surface area contributed by atoms with Gasteiger partial charge in [0.1, 0.15) is 6.61 Å². The monoisotopic (exact) mass is 223 g/mol. The summed E-state index contributed by atoms with van der Waals surface area (Å²) in [7, 11) is 0. The average molecular weight is 223 g/mol. The van der Waals surface area contributed by atoms with Crippen LogP contribution in [0.25, 0.3) is 0 Å². The minimum atomic E-state index is -4.27. The van der Waals surface area contributed by atoms with Crippen molar-refractivity contribution in [2.75, 3.05) is 13.2 Å². The van der Waals surface area contributed by atoms with Gasteiger partial charge in [-0.1, -0.05) is 0 Å². The van der Waals surface area contributed by atoms with E-state index >= 15 is 0 Å². The van der Waals surface area contributed by atoms with Crippen LogP contribution in [0.15, 0.2) is 12.3 Å². The van der Waals surface area contributed by atoms with Crippen molar-refractivity contribution < 1.29 is 17.9 Å². The highest BCUT2D eigenvalue weighted by Gasteiger charge is 2.27. The quantitative estimate of drug-likeness (QED) is 0.755. The molecule has 1 aromatic rings. The molecule has 7 heteroatoms. The van der Waals surface area contributed by atoms with Crippen molar-refractivity contribution in [1.29, 1.82) is 0 Å². The van der Waals surface area contributed by atoms with Crippen molar-refractivity contribution in [3.05, 3.63) is 18.0 Å². The highest BCUT2D eigenvalue weighted by molar-refractivity contribution is 4.97. The molecule has 0 aromatic carbocycles. The molecule has 2 N–H and O–H groups in total. The molecule has 1 heterocycles. The normalized spacial score (nSPS) is 12.0. The standard InChI is InChI=1S/C8H12F3N3O/c9-8(10,11)6-15-4-3-14-2-1-7(5-12)13-14/h1-2H,3-6,12H2. The first-order valence-electron chi connectivity index (χ1n) is 4.38. The van der Waals surface area contributed by atoms with E-state index in [1.54, 1.807) is 12.3 Å². The lowest BCUT2D eigenvalue weighted by molar-refractivity contribution is -0.174. The van der Waals surface area contributed by atoms with Crippen LogP contribution in [-0.2, 0) is 17.8 Å². The second-order valence-corrected chi connectivity index (χ2v) is 2.94. The molecule has 1 aromatic heterocycles. The maximum Gasteiger partial charge on any atom is 0.411 e. The van der Waals surface area contributed by atoms with Gasteiger partial charge in [-0.25, -0.2) is 0 Å². The van der Waals surface area contributed by atoms with Gasteiger partial charge in [0.25, 0.3) is 0 Å². The van der Waals surface area contributed by atoms with E-state index in [4.69, 9.17) is 5.73 Å². The summed E-state index contributed by atoms with van der Waals surface area (Å²) in [6.07, 6.45) is -2.62. The first-order valence-corrected chi connectivity index (χ1v) is 4.38. The first-order chi connectivity index (χ1) is 7.01. The van der Waals surface area contributed by atoms with Crippen LogP contribution in [0, 0.1) is 0 Å². The van der Waals surface area contributed by atoms with E-state index in [0.29, 0.717) is 12.2 Å². The molecule has 0 aliphatic carbocycles. The average Bonchev–Trinajstić information content (AvgIpc) is 2.59. The van der Waals surface area contributed by atoms with E-state index in [-0.39, 0.29) is 13.2 Å². The molecule has 0 fully saturated rings. The maximum absolute atomic E-state index is 11.7. The Bertz CT molecular complexity index is 298. The van der Waals surface area contributed by atoms with Crippen LogP contribution in [0.5, 0.6) is 0 Å². The summed E-state index contributed by atoms with van der Waals surface area (Å²) in [5, 5.41) is 3.99. The zero-order chi connectivity index (χ0) is 11.3. The van der Waals surface area contributed by atoms with Gasteiger partial charge in [-0.2, -0.15) is 18.3 Å². The van der Waals surface area contributed by atoms with Crippen LogP contribution in [0.3, 0.4) is 0 Å². The Hall–Kier alpha value is -1.08. The maximum atomic E-state index is 11.7. The molecular weight excluding hydrogens is 211 g/mol. The largest absolute Gasteiger partial charge is 0.411 e. The van der Waals surface area contributed by atoms with Gasteiger partial charge in [0.15, 0.2) is 0 Å². The van der Waals surface area contributed by atoms with Gasteiger partial charge < -0.3 is 10.5 Å². The zero-order valence-corrected chi connectivity index (χ0v) is 8.00. The summed E-state index contributed by atoms with van der Waals surface area (Å²) in [5.41, 5.74) is 6.02. The molecule has 0 saturated carbocycles. The summed E-state index contributed by atoms with van der Waals surface area (Å²) in [4.78, 5) is 0. The lowest BCUT2D eigenvalue weighted by Crippen LogP contribution is -2.19. The molecule has 0 atom stereocenters. The van der Waals surface area contributed by atoms with Gasteiger partial charge in [-0.15, -0.1) is 0 Å². The van der Waals surface area contributed by atoms with E-state index < -0.39 is 12.8 Å². The van der Waals surface area contributed by atoms with E-state index in [0.717, 1.165) is 0 Å². The highest BCUT2D eigenvalue weighted by atomic mass is 19.4. The number of aromatic nitrogens is 2. The molecule has 0 radical (unpaired) electrons. The molecule has 15 heavy (non-hydrogen) atoms. The third-order valence-corrected chi connectivity index (χ3v) is 1.64. The number of rotatable bonds is 5. The summed E-state index contributed by atoms with van der Waals surface area (Å²) >= 11 is 0. The smallest absolute Gasteiger partial charge is 0.370 e. The summed E-state index contributed by atoms with van der Waals surface area (Å²) in [6, 6.07) is 1.71. The number of halogens is 3. The number of nitrogens with two attached hydrogens (primary N) is 1. The van der Waals surface area contributed by atoms with Gasteiger partial charge in [0.2, 0.25) is 0 Å². The van der Waals surface area contributed by atoms with Crippen LogP contribution >= 0.6 is 0 Å². The molecule has 0 aliphatic heterocycles. The van der Waals surface area contributed by atoms with Crippen molar-refractivity contribution in [2.24, 2.45) is 5.73 Å². The fraction of sp³-hybridized carbons (Fsp3) is 0.625. The second-order valence-electron chi connectivity index (χ2n) is 2.94. The van der Waals surface area contributed by atoms with Crippen LogP contribution in [0.2, 0.25) is 0 Å². The van der Waals surface area contributed by atoms with Crippen molar-refractivity contribution >= 4 is 0 Å². The van der Waals surface area contributed by atoms with Gasteiger partial charge in [0.05, 0.1) is 18.8 Å². The SMILES string of the molecule is NCc1ccn(CCOCC(F)(F)F)n1. The van der Waals surface area contributed by atoms with Crippen LogP contribution < -0.4 is 5.73 Å². The molecule has 0 amide bonds. The molecule has 1 rings (SSSR count). The number of hydrogen-bond acceptors (Lipinski definition) is 3. The molecule has 0 bridgehead atoms. The molecule has 4 nitrogen and oxygen atoms in total. The third-order valence-electron chi connectivity index (χ3n) is 1.64. The molecule has 86 valence electrons. The van der Waals surface area contributed by atoms with E-state index in [1.807, 2.05) is 0 Å². The molecule has 0 aliphatic rings. The number of nitrogens with zero attached hydrogens (tertiary/aromatic N) is 2. The molecule has 0 saturated heterocycles. The van der Waals surface area contributed by atoms with Crippen molar-refractivity contribution in [3.63, 3.8) is 0 Å². The van der Waals surface area contributed by atoms with Crippen LogP contribution in [0.4, 0.5) is 13.2 Å². The Labute approximate surface area is 84.8 Å². The Morgan fingerprint density at radius 3 is 2.73 bits per heavy atom. The van der Waals surface area contributed by atoms with Gasteiger partial charge in [-0.05, 0) is 6.07 Å². The van der Waals surface area contributed by atoms with Crippen molar-refractivity contribution in [3.8, 4) is 0 Å². The highest BCUT2D eigenvalue weighted by Crippen LogP contribution is 2.14. The number of alkyl halides is 3. The third kappa shape index (κ3) is 4.80. The fourth-order valence-electron chi connectivity index (χ4n) is 0.983. The van der Waals surface area contributed by atoms with E-state index in [2.05, 4.69) is 9.84 Å². The summed E-state index contributed by atoms with van der Waals surface area (Å²) in [5.74, 6) is 0. The van der Waals surface area contributed by atoms with Crippen LogP contribution in [0.1, 0.15) is 5.69 Å². The van der Waals surface area contributed by atoms with E-state index in [9.17, 15) is 13.2 Å². The van der Waals surface area contributed by atoms with E-state index in [1.165, 1.54) is 4.68 Å². The fourth-order valence-corrected chi connectivity index (χ4v) is 0.983. The Morgan fingerprint density at radius 2 is 2.20 bits per heavy atom. The van der Waals surface area contributed by atoms with Gasteiger partial charge in [0, 0.05) is 12.7 Å². The Balaban J connectivity index is 2.20. The van der Waals surface area contributed by atoms with Crippen LogP contribution in [-0.4, -0.2) is 29.2 Å². The van der Waals surface area contributed by atoms with Crippen molar-refractivity contribution in [2.45, 2.75) is 19.3 Å². The Kier molecular flexibility index (Phi) is 4.10. The molecule has 0 spiro atoms. The minimum absolute atomic E-state index is 0.0226. The Morgan fingerprint density at radius 1 is 1.47 bits per heavy atom. The number of ether oxygens (including phenoxy) is 1. The zero-order valence-electron chi connectivity index (χ0n) is 8.00. The molecule has 0 unspecified atom stereocenters. The lowest BCUT2D eigenvalue weighted by Gasteiger charge is -2.07. The summed E-state index contributed by atoms with van der Waals surface area (Å²) < 4.78 is 41.0.